The van der Waals surface area contributed by atoms with Gasteiger partial charge in [-0.15, -0.1) is 0 Å². The molecule has 0 aliphatic carbocycles. The standard InChI is InChI=1S/C13H12ClNO4/c1-17-8-11-5-10(15-19-11)7-18-13-3-2-9(6-16)4-12(13)14/h2-6H,7-8H2,1H3. The number of benzene rings is 1. The molecule has 1 heterocycles. The highest BCUT2D eigenvalue weighted by atomic mass is 35.5. The maximum absolute atomic E-state index is 10.6. The summed E-state index contributed by atoms with van der Waals surface area (Å²) in [6.07, 6.45) is 0.727. The molecule has 0 spiro atoms. The first-order valence-corrected chi connectivity index (χ1v) is 5.91. The zero-order valence-corrected chi connectivity index (χ0v) is 11.0. The summed E-state index contributed by atoms with van der Waals surface area (Å²) in [5, 5.41) is 4.21. The van der Waals surface area contributed by atoms with Crippen molar-refractivity contribution in [3.05, 3.63) is 46.3 Å². The summed E-state index contributed by atoms with van der Waals surface area (Å²) in [6, 6.07) is 6.57. The second-order valence-electron chi connectivity index (χ2n) is 3.81. The van der Waals surface area contributed by atoms with Crippen molar-refractivity contribution in [3.8, 4) is 5.75 Å². The van der Waals surface area contributed by atoms with Crippen LogP contribution in [0.15, 0.2) is 28.8 Å². The molecule has 6 heteroatoms. The van der Waals surface area contributed by atoms with Gasteiger partial charge in [0.1, 0.15) is 30.9 Å². The fourth-order valence-corrected chi connectivity index (χ4v) is 1.74. The smallest absolute Gasteiger partial charge is 0.162 e. The van der Waals surface area contributed by atoms with Crippen LogP contribution in [0.25, 0.3) is 0 Å². The van der Waals surface area contributed by atoms with Crippen molar-refractivity contribution in [3.63, 3.8) is 0 Å². The van der Waals surface area contributed by atoms with Gasteiger partial charge in [-0.2, -0.15) is 0 Å². The monoisotopic (exact) mass is 281 g/mol. The van der Waals surface area contributed by atoms with E-state index in [2.05, 4.69) is 5.16 Å². The lowest BCUT2D eigenvalue weighted by molar-refractivity contribution is 0.112. The lowest BCUT2D eigenvalue weighted by Gasteiger charge is -2.06. The summed E-state index contributed by atoms with van der Waals surface area (Å²) in [7, 11) is 1.58. The van der Waals surface area contributed by atoms with Crippen LogP contribution >= 0.6 is 11.6 Å². The first-order valence-electron chi connectivity index (χ1n) is 5.54. The van der Waals surface area contributed by atoms with Gasteiger partial charge in [0.05, 0.1) is 5.02 Å². The predicted molar refractivity (Wildman–Crippen MR) is 68.4 cm³/mol. The van der Waals surface area contributed by atoms with Crippen molar-refractivity contribution < 1.29 is 18.8 Å². The minimum Gasteiger partial charge on any atom is -0.486 e. The summed E-state index contributed by atoms with van der Waals surface area (Å²) in [5.41, 5.74) is 1.14. The van der Waals surface area contributed by atoms with Crippen molar-refractivity contribution in [1.82, 2.24) is 5.16 Å². The molecule has 0 atom stereocenters. The van der Waals surface area contributed by atoms with E-state index < -0.39 is 0 Å². The van der Waals surface area contributed by atoms with Crippen LogP contribution in [0, 0.1) is 0 Å². The van der Waals surface area contributed by atoms with Gasteiger partial charge >= 0.3 is 0 Å². The fraction of sp³-hybridized carbons (Fsp3) is 0.231. The minimum absolute atomic E-state index is 0.230. The third kappa shape index (κ3) is 3.56. The maximum atomic E-state index is 10.6. The Bertz CT molecular complexity index is 568. The largest absolute Gasteiger partial charge is 0.486 e. The van der Waals surface area contributed by atoms with Crippen molar-refractivity contribution in [2.45, 2.75) is 13.2 Å². The number of halogens is 1. The summed E-state index contributed by atoms with van der Waals surface area (Å²) in [6.45, 7) is 0.592. The van der Waals surface area contributed by atoms with Crippen LogP contribution in [0.4, 0.5) is 0 Å². The molecule has 0 saturated heterocycles. The zero-order chi connectivity index (χ0) is 13.7. The molecule has 2 aromatic rings. The van der Waals surface area contributed by atoms with Crippen LogP contribution in [-0.2, 0) is 18.0 Å². The number of aromatic nitrogens is 1. The number of carbonyl (C=O) groups excluding carboxylic acids is 1. The van der Waals surface area contributed by atoms with Gasteiger partial charge in [0.25, 0.3) is 0 Å². The molecule has 0 unspecified atom stereocenters. The van der Waals surface area contributed by atoms with E-state index in [9.17, 15) is 4.79 Å². The number of ether oxygens (including phenoxy) is 2. The lowest BCUT2D eigenvalue weighted by atomic mass is 10.2. The Kier molecular flexibility index (Phi) is 4.54. The van der Waals surface area contributed by atoms with Gasteiger partial charge in [0.15, 0.2) is 5.76 Å². The molecule has 19 heavy (non-hydrogen) atoms. The zero-order valence-electron chi connectivity index (χ0n) is 10.3. The van der Waals surface area contributed by atoms with Crippen LogP contribution in [0.2, 0.25) is 5.02 Å². The van der Waals surface area contributed by atoms with Gasteiger partial charge < -0.3 is 14.0 Å². The first-order chi connectivity index (χ1) is 9.22. The number of aldehydes is 1. The third-order valence-corrected chi connectivity index (χ3v) is 2.66. The Balaban J connectivity index is 1.99. The Hall–Kier alpha value is -1.85. The van der Waals surface area contributed by atoms with E-state index in [4.69, 9.17) is 25.6 Å². The number of rotatable bonds is 6. The van der Waals surface area contributed by atoms with E-state index in [1.54, 1.807) is 31.4 Å². The second kappa shape index (κ2) is 6.36. The van der Waals surface area contributed by atoms with Crippen LogP contribution in [0.1, 0.15) is 21.8 Å². The summed E-state index contributed by atoms with van der Waals surface area (Å²) in [4.78, 5) is 10.6. The van der Waals surface area contributed by atoms with E-state index in [1.165, 1.54) is 0 Å². The van der Waals surface area contributed by atoms with Gasteiger partial charge in [-0.25, -0.2) is 0 Å². The molecule has 0 N–H and O–H groups in total. The summed E-state index contributed by atoms with van der Waals surface area (Å²) >= 11 is 5.98. The molecule has 0 saturated carbocycles. The molecule has 2 rings (SSSR count). The molecule has 0 aliphatic rings. The fourth-order valence-electron chi connectivity index (χ4n) is 1.49. The molecule has 0 bridgehead atoms. The number of nitrogens with zero attached hydrogens (tertiary/aromatic N) is 1. The van der Waals surface area contributed by atoms with Crippen molar-refractivity contribution >= 4 is 17.9 Å². The summed E-state index contributed by atoms with van der Waals surface area (Å²) in [5.74, 6) is 1.12. The molecule has 0 aliphatic heterocycles. The van der Waals surface area contributed by atoms with Crippen molar-refractivity contribution in [2.75, 3.05) is 7.11 Å². The Morgan fingerprint density at radius 2 is 2.21 bits per heavy atom. The Morgan fingerprint density at radius 1 is 1.37 bits per heavy atom. The molecular weight excluding hydrogens is 270 g/mol. The molecular formula is C13H12ClNO4. The Labute approximate surface area is 115 Å². The SMILES string of the molecule is COCc1cc(COc2ccc(C=O)cc2Cl)no1. The van der Waals surface area contributed by atoms with E-state index in [0.29, 0.717) is 34.4 Å². The highest BCUT2D eigenvalue weighted by molar-refractivity contribution is 6.32. The number of hydrogen-bond donors (Lipinski definition) is 0. The molecule has 1 aromatic heterocycles. The highest BCUT2D eigenvalue weighted by Gasteiger charge is 2.07. The molecule has 1 aromatic carbocycles. The first kappa shape index (κ1) is 13.6. The van der Waals surface area contributed by atoms with Crippen LogP contribution in [0.3, 0.4) is 0 Å². The van der Waals surface area contributed by atoms with E-state index in [0.717, 1.165) is 6.29 Å². The predicted octanol–water partition coefficient (Wildman–Crippen LogP) is 2.87. The maximum Gasteiger partial charge on any atom is 0.162 e. The molecule has 100 valence electrons. The number of hydrogen-bond acceptors (Lipinski definition) is 5. The van der Waals surface area contributed by atoms with E-state index >= 15 is 0 Å². The molecule has 0 amide bonds. The second-order valence-corrected chi connectivity index (χ2v) is 4.22. The minimum atomic E-state index is 0.230. The van der Waals surface area contributed by atoms with Crippen LogP contribution < -0.4 is 4.74 Å². The van der Waals surface area contributed by atoms with Crippen molar-refractivity contribution in [2.24, 2.45) is 0 Å². The molecule has 0 radical (unpaired) electrons. The van der Waals surface area contributed by atoms with Gasteiger partial charge in [0.2, 0.25) is 0 Å². The topological polar surface area (TPSA) is 61.6 Å². The number of methoxy groups -OCH3 is 1. The van der Waals surface area contributed by atoms with E-state index in [1.807, 2.05) is 0 Å². The third-order valence-electron chi connectivity index (χ3n) is 2.36. The van der Waals surface area contributed by atoms with Crippen LogP contribution in [0.5, 0.6) is 5.75 Å². The molecule has 5 nitrogen and oxygen atoms in total. The van der Waals surface area contributed by atoms with Crippen LogP contribution in [-0.4, -0.2) is 18.6 Å². The van der Waals surface area contributed by atoms with Gasteiger partial charge in [-0.05, 0) is 18.2 Å². The quantitative estimate of drug-likeness (QED) is 0.762. The highest BCUT2D eigenvalue weighted by Crippen LogP contribution is 2.25. The average molecular weight is 282 g/mol. The van der Waals surface area contributed by atoms with Gasteiger partial charge in [-0.1, -0.05) is 16.8 Å². The van der Waals surface area contributed by atoms with E-state index in [-0.39, 0.29) is 6.61 Å². The van der Waals surface area contributed by atoms with Gasteiger partial charge in [-0.3, -0.25) is 4.79 Å². The van der Waals surface area contributed by atoms with Crippen molar-refractivity contribution in [1.29, 1.82) is 0 Å². The lowest BCUT2D eigenvalue weighted by Crippen LogP contribution is -1.96. The normalized spacial score (nSPS) is 10.4. The van der Waals surface area contributed by atoms with Gasteiger partial charge in [0, 0.05) is 18.7 Å². The average Bonchev–Trinajstić information content (AvgIpc) is 2.85. The summed E-state index contributed by atoms with van der Waals surface area (Å²) < 4.78 is 15.4. The number of carbonyl (C=O) groups is 1. The Morgan fingerprint density at radius 3 is 2.89 bits per heavy atom. The molecule has 0 fully saturated rings.